The molecule has 0 fully saturated rings. The molecule has 0 atom stereocenters. The zero-order valence-corrected chi connectivity index (χ0v) is 14.4. The average molecular weight is 320 g/mol. The normalized spacial score (nSPS) is 16.1. The number of fused-ring (bicyclic) bond motifs is 1. The first-order valence-electron chi connectivity index (χ1n) is 7.63. The number of hydrogen-bond donors (Lipinski definition) is 0. The average Bonchev–Trinajstić information content (AvgIpc) is 2.49. The molecule has 0 radical (unpaired) electrons. The van der Waals surface area contributed by atoms with E-state index < -0.39 is 5.60 Å². The SMILES string of the molecule is COc1cc(C=O)cc2c1OC(C)(C)C(=O)N2CCCN(C)C. The van der Waals surface area contributed by atoms with Gasteiger partial charge in [-0.25, -0.2) is 0 Å². The minimum Gasteiger partial charge on any atom is -0.493 e. The summed E-state index contributed by atoms with van der Waals surface area (Å²) in [6.45, 7) is 4.90. The van der Waals surface area contributed by atoms with Crippen LogP contribution in [0.5, 0.6) is 11.5 Å². The van der Waals surface area contributed by atoms with Crippen LogP contribution < -0.4 is 14.4 Å². The quantitative estimate of drug-likeness (QED) is 0.750. The Morgan fingerprint density at radius 3 is 2.61 bits per heavy atom. The van der Waals surface area contributed by atoms with Crippen LogP contribution in [0.3, 0.4) is 0 Å². The van der Waals surface area contributed by atoms with E-state index in [4.69, 9.17) is 9.47 Å². The summed E-state index contributed by atoms with van der Waals surface area (Å²) in [6.07, 6.45) is 1.56. The van der Waals surface area contributed by atoms with Crippen LogP contribution in [0.2, 0.25) is 0 Å². The molecule has 0 unspecified atom stereocenters. The van der Waals surface area contributed by atoms with E-state index in [1.165, 1.54) is 7.11 Å². The van der Waals surface area contributed by atoms with Gasteiger partial charge in [-0.2, -0.15) is 0 Å². The first-order chi connectivity index (χ1) is 10.8. The van der Waals surface area contributed by atoms with Crippen molar-refractivity contribution >= 4 is 17.9 Å². The maximum Gasteiger partial charge on any atom is 0.270 e. The van der Waals surface area contributed by atoms with Gasteiger partial charge in [0.1, 0.15) is 6.29 Å². The highest BCUT2D eigenvalue weighted by molar-refractivity contribution is 6.03. The molecule has 0 aliphatic carbocycles. The number of benzene rings is 1. The Bertz CT molecular complexity index is 611. The van der Waals surface area contributed by atoms with Crippen molar-refractivity contribution in [3.63, 3.8) is 0 Å². The number of aldehydes is 1. The summed E-state index contributed by atoms with van der Waals surface area (Å²) in [5.41, 5.74) is 0.0741. The van der Waals surface area contributed by atoms with Crippen molar-refractivity contribution < 1.29 is 19.1 Å². The molecule has 0 aromatic heterocycles. The van der Waals surface area contributed by atoms with E-state index in [1.807, 2.05) is 14.1 Å². The van der Waals surface area contributed by atoms with Gasteiger partial charge in [0.15, 0.2) is 17.1 Å². The molecule has 1 aliphatic rings. The summed E-state index contributed by atoms with van der Waals surface area (Å²) in [4.78, 5) is 27.7. The van der Waals surface area contributed by atoms with Gasteiger partial charge in [-0.15, -0.1) is 0 Å². The second-order valence-corrected chi connectivity index (χ2v) is 6.42. The first-order valence-corrected chi connectivity index (χ1v) is 7.63. The van der Waals surface area contributed by atoms with E-state index >= 15 is 0 Å². The lowest BCUT2D eigenvalue weighted by atomic mass is 10.0. The second-order valence-electron chi connectivity index (χ2n) is 6.42. The number of nitrogens with zero attached hydrogens (tertiary/aromatic N) is 2. The van der Waals surface area contributed by atoms with Crippen molar-refractivity contribution in [2.24, 2.45) is 0 Å². The van der Waals surface area contributed by atoms with Crippen molar-refractivity contribution in [1.82, 2.24) is 4.90 Å². The molecule has 1 aromatic carbocycles. The van der Waals surface area contributed by atoms with Gasteiger partial charge in [-0.05, 0) is 53.0 Å². The number of rotatable bonds is 6. The Morgan fingerprint density at radius 2 is 2.04 bits per heavy atom. The van der Waals surface area contributed by atoms with Crippen molar-refractivity contribution in [3.05, 3.63) is 17.7 Å². The number of hydrogen-bond acceptors (Lipinski definition) is 5. The minimum atomic E-state index is -0.971. The fraction of sp³-hybridized carbons (Fsp3) is 0.529. The van der Waals surface area contributed by atoms with Gasteiger partial charge in [0, 0.05) is 12.1 Å². The summed E-state index contributed by atoms with van der Waals surface area (Å²) in [5, 5.41) is 0. The van der Waals surface area contributed by atoms with E-state index in [0.29, 0.717) is 29.3 Å². The van der Waals surface area contributed by atoms with E-state index in [1.54, 1.807) is 30.9 Å². The van der Waals surface area contributed by atoms with Crippen molar-refractivity contribution in [1.29, 1.82) is 0 Å². The molecular weight excluding hydrogens is 296 g/mol. The number of methoxy groups -OCH3 is 1. The highest BCUT2D eigenvalue weighted by atomic mass is 16.5. The molecule has 0 bridgehead atoms. The topological polar surface area (TPSA) is 59.1 Å². The monoisotopic (exact) mass is 320 g/mol. The zero-order valence-electron chi connectivity index (χ0n) is 14.4. The highest BCUT2D eigenvalue weighted by Crippen LogP contribution is 2.45. The van der Waals surface area contributed by atoms with E-state index in [2.05, 4.69) is 4.90 Å². The van der Waals surface area contributed by atoms with Gasteiger partial charge in [-0.1, -0.05) is 0 Å². The summed E-state index contributed by atoms with van der Waals surface area (Å²) in [7, 11) is 5.51. The minimum absolute atomic E-state index is 0.117. The predicted molar refractivity (Wildman–Crippen MR) is 88.6 cm³/mol. The van der Waals surface area contributed by atoms with Gasteiger partial charge in [0.2, 0.25) is 0 Å². The largest absolute Gasteiger partial charge is 0.493 e. The van der Waals surface area contributed by atoms with Crippen LogP contribution in [-0.4, -0.2) is 57.0 Å². The van der Waals surface area contributed by atoms with E-state index in [9.17, 15) is 9.59 Å². The number of ether oxygens (including phenoxy) is 2. The molecule has 2 rings (SSSR count). The third-order valence-electron chi connectivity index (χ3n) is 3.81. The molecule has 0 spiro atoms. The van der Waals surface area contributed by atoms with E-state index in [-0.39, 0.29) is 5.91 Å². The molecular formula is C17H24N2O4. The number of anilines is 1. The van der Waals surface area contributed by atoms with E-state index in [0.717, 1.165) is 19.3 Å². The Kier molecular flexibility index (Phi) is 4.94. The van der Waals surface area contributed by atoms with Crippen LogP contribution in [0.15, 0.2) is 12.1 Å². The molecule has 6 nitrogen and oxygen atoms in total. The Balaban J connectivity index is 2.45. The van der Waals surface area contributed by atoms with Crippen molar-refractivity contribution in [2.45, 2.75) is 25.9 Å². The van der Waals surface area contributed by atoms with Crippen LogP contribution in [0.25, 0.3) is 0 Å². The summed E-state index contributed by atoms with van der Waals surface area (Å²) >= 11 is 0. The molecule has 1 heterocycles. The molecule has 126 valence electrons. The molecule has 0 N–H and O–H groups in total. The molecule has 6 heteroatoms. The Morgan fingerprint density at radius 1 is 1.35 bits per heavy atom. The van der Waals surface area contributed by atoms with Gasteiger partial charge in [0.05, 0.1) is 12.8 Å². The molecule has 0 saturated carbocycles. The third kappa shape index (κ3) is 3.47. The van der Waals surface area contributed by atoms with Crippen molar-refractivity contribution in [3.8, 4) is 11.5 Å². The smallest absolute Gasteiger partial charge is 0.270 e. The van der Waals surface area contributed by atoms with Crippen LogP contribution in [0.4, 0.5) is 5.69 Å². The lowest BCUT2D eigenvalue weighted by molar-refractivity contribution is -0.132. The molecule has 1 aliphatic heterocycles. The fourth-order valence-corrected chi connectivity index (χ4v) is 2.63. The number of amides is 1. The summed E-state index contributed by atoms with van der Waals surface area (Å²) < 4.78 is 11.2. The zero-order chi connectivity index (χ0) is 17.2. The van der Waals surface area contributed by atoms with Crippen LogP contribution in [0, 0.1) is 0 Å². The fourth-order valence-electron chi connectivity index (χ4n) is 2.63. The van der Waals surface area contributed by atoms with Crippen molar-refractivity contribution in [2.75, 3.05) is 39.2 Å². The first kappa shape index (κ1) is 17.3. The molecule has 0 saturated heterocycles. The maximum atomic E-state index is 12.7. The summed E-state index contributed by atoms with van der Waals surface area (Å²) in [5.74, 6) is 0.851. The van der Waals surface area contributed by atoms with Gasteiger partial charge in [-0.3, -0.25) is 9.59 Å². The highest BCUT2D eigenvalue weighted by Gasteiger charge is 2.42. The lowest BCUT2D eigenvalue weighted by Crippen LogP contribution is -2.53. The lowest BCUT2D eigenvalue weighted by Gasteiger charge is -2.39. The molecule has 23 heavy (non-hydrogen) atoms. The Labute approximate surface area is 137 Å². The standard InChI is InChI=1S/C17H24N2O4/c1-17(2)16(21)19(8-6-7-18(3)4)13-9-12(11-20)10-14(22-5)15(13)23-17/h9-11H,6-8H2,1-5H3. The maximum absolute atomic E-state index is 12.7. The van der Waals surface area contributed by atoms with Gasteiger partial charge >= 0.3 is 0 Å². The van der Waals surface area contributed by atoms with Crippen LogP contribution >= 0.6 is 0 Å². The third-order valence-corrected chi connectivity index (χ3v) is 3.81. The number of carbonyl (C=O) groups is 2. The molecule has 1 aromatic rings. The predicted octanol–water partition coefficient (Wildman–Crippen LogP) is 1.96. The van der Waals surface area contributed by atoms with Gasteiger partial charge in [0.25, 0.3) is 5.91 Å². The van der Waals surface area contributed by atoms with Crippen LogP contribution in [-0.2, 0) is 4.79 Å². The molecule has 1 amide bonds. The second kappa shape index (κ2) is 6.58. The summed E-state index contributed by atoms with van der Waals surface area (Å²) in [6, 6.07) is 3.30. The Hall–Kier alpha value is -2.08. The van der Waals surface area contributed by atoms with Gasteiger partial charge < -0.3 is 19.3 Å². The van der Waals surface area contributed by atoms with Crippen LogP contribution in [0.1, 0.15) is 30.6 Å². The number of carbonyl (C=O) groups excluding carboxylic acids is 2.